The van der Waals surface area contributed by atoms with Gasteiger partial charge >= 0.3 is 5.97 Å². The molecule has 0 fully saturated rings. The Hall–Kier alpha value is -1.84. The Kier molecular flexibility index (Phi) is 7.64. The van der Waals surface area contributed by atoms with E-state index in [0.717, 1.165) is 18.6 Å². The van der Waals surface area contributed by atoms with Crippen LogP contribution < -0.4 is 4.74 Å². The van der Waals surface area contributed by atoms with E-state index in [4.69, 9.17) is 9.47 Å². The molecule has 1 aromatic carbocycles. The summed E-state index contributed by atoms with van der Waals surface area (Å²) in [5.41, 5.74) is 0.653. The lowest BCUT2D eigenvalue weighted by Crippen LogP contribution is -2.24. The van der Waals surface area contributed by atoms with Gasteiger partial charge in [0.15, 0.2) is 5.78 Å². The van der Waals surface area contributed by atoms with Crippen LogP contribution in [0, 0.1) is 5.92 Å². The van der Waals surface area contributed by atoms with Crippen molar-refractivity contribution in [3.05, 3.63) is 29.8 Å². The van der Waals surface area contributed by atoms with Crippen molar-refractivity contribution >= 4 is 11.8 Å². The molecule has 1 aromatic rings. The number of Topliss-reactive ketones (excluding diaryl/α,β-unsaturated/α-hetero) is 1. The van der Waals surface area contributed by atoms with Gasteiger partial charge in [0.2, 0.25) is 0 Å². The van der Waals surface area contributed by atoms with Gasteiger partial charge in [0.1, 0.15) is 11.7 Å². The minimum atomic E-state index is -0.850. The third-order valence-electron chi connectivity index (χ3n) is 3.35. The van der Waals surface area contributed by atoms with E-state index in [1.807, 2.05) is 13.8 Å². The van der Waals surface area contributed by atoms with Crippen molar-refractivity contribution in [2.24, 2.45) is 5.92 Å². The maximum absolute atomic E-state index is 12.3. The fourth-order valence-electron chi connectivity index (χ4n) is 2.18. The number of methoxy groups -OCH3 is 1. The van der Waals surface area contributed by atoms with E-state index in [1.54, 1.807) is 24.3 Å². The van der Waals surface area contributed by atoms with Gasteiger partial charge in [0.25, 0.3) is 0 Å². The van der Waals surface area contributed by atoms with E-state index in [-0.39, 0.29) is 11.7 Å². The molecule has 0 radical (unpaired) electrons. The number of carbonyl (C=O) groups excluding carboxylic acids is 2. The van der Waals surface area contributed by atoms with Crippen LogP contribution in [0.4, 0.5) is 0 Å². The van der Waals surface area contributed by atoms with Crippen LogP contribution in [0.1, 0.15) is 51.5 Å². The Morgan fingerprint density at radius 3 is 2.27 bits per heavy atom. The highest BCUT2D eigenvalue weighted by Gasteiger charge is 2.29. The molecule has 4 heteroatoms. The zero-order valence-electron chi connectivity index (χ0n) is 13.9. The number of unbranched alkanes of at least 4 members (excludes halogenated alkanes) is 1. The summed E-state index contributed by atoms with van der Waals surface area (Å²) >= 11 is 0. The first-order chi connectivity index (χ1) is 10.5. The number of ether oxygens (including phenoxy) is 2. The molecule has 0 aliphatic rings. The lowest BCUT2D eigenvalue weighted by atomic mass is 9.90. The third-order valence-corrected chi connectivity index (χ3v) is 3.35. The monoisotopic (exact) mass is 306 g/mol. The molecule has 0 saturated heterocycles. The van der Waals surface area contributed by atoms with E-state index >= 15 is 0 Å². The molecule has 4 nitrogen and oxygen atoms in total. The molecule has 0 aromatic heterocycles. The SMILES string of the molecule is CCCCOc1ccc(C(C(=O)CC(C)C)C(=O)OC)cc1. The average Bonchev–Trinajstić information content (AvgIpc) is 2.48. The molecular formula is C18H26O4. The van der Waals surface area contributed by atoms with Gasteiger partial charge < -0.3 is 9.47 Å². The van der Waals surface area contributed by atoms with E-state index in [2.05, 4.69) is 6.92 Å². The number of hydrogen-bond acceptors (Lipinski definition) is 4. The summed E-state index contributed by atoms with van der Waals surface area (Å²) in [6.45, 7) is 6.68. The minimum absolute atomic E-state index is 0.110. The van der Waals surface area contributed by atoms with Crippen LogP contribution in [0.3, 0.4) is 0 Å². The van der Waals surface area contributed by atoms with E-state index < -0.39 is 11.9 Å². The number of benzene rings is 1. The molecule has 0 aliphatic carbocycles. The predicted octanol–water partition coefficient (Wildman–Crippen LogP) is 3.74. The lowest BCUT2D eigenvalue weighted by Gasteiger charge is -2.16. The summed E-state index contributed by atoms with van der Waals surface area (Å²) in [4.78, 5) is 24.3. The Morgan fingerprint density at radius 2 is 1.77 bits per heavy atom. The van der Waals surface area contributed by atoms with Crippen molar-refractivity contribution in [3.63, 3.8) is 0 Å². The number of ketones is 1. The predicted molar refractivity (Wildman–Crippen MR) is 86.1 cm³/mol. The zero-order valence-corrected chi connectivity index (χ0v) is 13.9. The minimum Gasteiger partial charge on any atom is -0.494 e. The molecular weight excluding hydrogens is 280 g/mol. The van der Waals surface area contributed by atoms with Gasteiger partial charge in [-0.2, -0.15) is 0 Å². The van der Waals surface area contributed by atoms with Gasteiger partial charge in [-0.3, -0.25) is 9.59 Å². The van der Waals surface area contributed by atoms with Crippen molar-refractivity contribution in [1.29, 1.82) is 0 Å². The number of rotatable bonds is 9. The van der Waals surface area contributed by atoms with Crippen molar-refractivity contribution in [3.8, 4) is 5.75 Å². The smallest absolute Gasteiger partial charge is 0.320 e. The van der Waals surface area contributed by atoms with Crippen LogP contribution in [0.5, 0.6) is 5.75 Å². The quantitative estimate of drug-likeness (QED) is 0.396. The van der Waals surface area contributed by atoms with Crippen LogP contribution in [0.25, 0.3) is 0 Å². The number of hydrogen-bond donors (Lipinski definition) is 0. The van der Waals surface area contributed by atoms with Crippen molar-refractivity contribution in [2.75, 3.05) is 13.7 Å². The van der Waals surface area contributed by atoms with Gasteiger partial charge in [-0.25, -0.2) is 0 Å². The van der Waals surface area contributed by atoms with Gasteiger partial charge in [-0.05, 0) is 30.0 Å². The summed E-state index contributed by atoms with van der Waals surface area (Å²) in [6, 6.07) is 7.12. The van der Waals surface area contributed by atoms with Gasteiger partial charge in [-0.15, -0.1) is 0 Å². The molecule has 0 aliphatic heterocycles. The fourth-order valence-corrected chi connectivity index (χ4v) is 2.18. The van der Waals surface area contributed by atoms with E-state index in [9.17, 15) is 9.59 Å². The molecule has 0 spiro atoms. The third kappa shape index (κ3) is 5.51. The average molecular weight is 306 g/mol. The first-order valence-corrected chi connectivity index (χ1v) is 7.82. The van der Waals surface area contributed by atoms with Crippen LogP contribution in [-0.2, 0) is 14.3 Å². The first-order valence-electron chi connectivity index (χ1n) is 7.82. The van der Waals surface area contributed by atoms with Crippen molar-refractivity contribution in [1.82, 2.24) is 0 Å². The Balaban J connectivity index is 2.86. The van der Waals surface area contributed by atoms with Crippen LogP contribution >= 0.6 is 0 Å². The molecule has 22 heavy (non-hydrogen) atoms. The summed E-state index contributed by atoms with van der Waals surface area (Å²) in [6.07, 6.45) is 2.43. The second-order valence-electron chi connectivity index (χ2n) is 5.79. The molecule has 1 atom stereocenters. The van der Waals surface area contributed by atoms with E-state index in [0.29, 0.717) is 18.6 Å². The maximum atomic E-state index is 12.3. The standard InChI is InChI=1S/C18H26O4/c1-5-6-11-22-15-9-7-14(8-10-15)17(18(20)21-4)16(19)12-13(2)3/h7-10,13,17H,5-6,11-12H2,1-4H3. The molecule has 0 bridgehead atoms. The Morgan fingerprint density at radius 1 is 1.14 bits per heavy atom. The second-order valence-corrected chi connectivity index (χ2v) is 5.79. The Labute approximate surface area is 132 Å². The summed E-state index contributed by atoms with van der Waals surface area (Å²) in [5, 5.41) is 0. The highest BCUT2D eigenvalue weighted by Crippen LogP contribution is 2.24. The zero-order chi connectivity index (χ0) is 16.5. The lowest BCUT2D eigenvalue weighted by molar-refractivity contribution is -0.145. The molecule has 0 saturated carbocycles. The van der Waals surface area contributed by atoms with Crippen LogP contribution in [0.2, 0.25) is 0 Å². The molecule has 0 N–H and O–H groups in total. The number of carbonyl (C=O) groups is 2. The fraction of sp³-hybridized carbons (Fsp3) is 0.556. The Bertz CT molecular complexity index is 476. The first kappa shape index (κ1) is 18.2. The normalized spacial score (nSPS) is 12.0. The molecule has 122 valence electrons. The summed E-state index contributed by atoms with van der Waals surface area (Å²) < 4.78 is 10.4. The summed E-state index contributed by atoms with van der Waals surface area (Å²) in [7, 11) is 1.31. The van der Waals surface area contributed by atoms with E-state index in [1.165, 1.54) is 7.11 Å². The number of esters is 1. The molecule has 1 rings (SSSR count). The summed E-state index contributed by atoms with van der Waals surface area (Å²) in [5.74, 6) is -0.516. The maximum Gasteiger partial charge on any atom is 0.320 e. The van der Waals surface area contributed by atoms with Crippen molar-refractivity contribution < 1.29 is 19.1 Å². The van der Waals surface area contributed by atoms with Crippen LogP contribution in [-0.4, -0.2) is 25.5 Å². The van der Waals surface area contributed by atoms with Gasteiger partial charge in [0, 0.05) is 6.42 Å². The van der Waals surface area contributed by atoms with Crippen LogP contribution in [0.15, 0.2) is 24.3 Å². The topological polar surface area (TPSA) is 52.6 Å². The highest BCUT2D eigenvalue weighted by molar-refractivity contribution is 6.04. The van der Waals surface area contributed by atoms with Gasteiger partial charge in [0.05, 0.1) is 13.7 Å². The largest absolute Gasteiger partial charge is 0.494 e. The van der Waals surface area contributed by atoms with Crippen molar-refractivity contribution in [2.45, 2.75) is 46.0 Å². The highest BCUT2D eigenvalue weighted by atomic mass is 16.5. The van der Waals surface area contributed by atoms with Gasteiger partial charge in [-0.1, -0.05) is 39.3 Å². The molecule has 0 amide bonds. The molecule has 0 heterocycles. The second kappa shape index (κ2) is 9.23. The molecule has 1 unspecified atom stereocenters.